The average Bonchev–Trinajstić information content (AvgIpc) is 2.68. The van der Waals surface area contributed by atoms with Crippen molar-refractivity contribution in [3.63, 3.8) is 0 Å². The van der Waals surface area contributed by atoms with Crippen LogP contribution in [-0.4, -0.2) is 67.6 Å². The van der Waals surface area contributed by atoms with Gasteiger partial charge in [0.1, 0.15) is 0 Å². The van der Waals surface area contributed by atoms with E-state index in [1.54, 1.807) is 23.2 Å². The summed E-state index contributed by atoms with van der Waals surface area (Å²) >= 11 is 0. The molecule has 1 aromatic heterocycles. The van der Waals surface area contributed by atoms with Crippen LogP contribution in [-0.2, 0) is 21.2 Å². The maximum atomic E-state index is 11.3. The van der Waals surface area contributed by atoms with Crippen molar-refractivity contribution in [1.82, 2.24) is 20.1 Å². The van der Waals surface area contributed by atoms with E-state index in [-0.39, 0.29) is 4.90 Å². The van der Waals surface area contributed by atoms with Crippen molar-refractivity contribution in [2.45, 2.75) is 11.3 Å². The summed E-state index contributed by atoms with van der Waals surface area (Å²) < 4.78 is 22.5. The number of nitrogens with two attached hydrogens (primary N) is 1. The molecule has 0 aliphatic carbocycles. The number of anilines is 2. The standard InChI is InChI=1S/C16H21N7O3S/c17-27(25,26)14-3-1-13(2-4-14)5-6-18-15-11-19-21-16(20-15)23-9-7-22(12-24)8-10-23/h1-4,11-12H,5-10H2,(H2,17,25,26)(H,18,20,21). The molecule has 3 rings (SSSR count). The van der Waals surface area contributed by atoms with Gasteiger partial charge < -0.3 is 15.1 Å². The summed E-state index contributed by atoms with van der Waals surface area (Å²) in [4.78, 5) is 19.0. The zero-order valence-electron chi connectivity index (χ0n) is 14.7. The second-order valence-electron chi connectivity index (χ2n) is 6.14. The molecule has 11 heteroatoms. The van der Waals surface area contributed by atoms with E-state index in [1.165, 1.54) is 12.1 Å². The Morgan fingerprint density at radius 1 is 1.15 bits per heavy atom. The summed E-state index contributed by atoms with van der Waals surface area (Å²) in [6.45, 7) is 3.21. The molecule has 0 spiro atoms. The first-order chi connectivity index (χ1) is 13.0. The van der Waals surface area contributed by atoms with Crippen LogP contribution in [0.4, 0.5) is 11.8 Å². The first kappa shape index (κ1) is 19.0. The molecular formula is C16H21N7O3S. The molecule has 1 amide bonds. The molecule has 1 aliphatic rings. The average molecular weight is 391 g/mol. The number of carbonyl (C=O) groups is 1. The number of piperazine rings is 1. The minimum absolute atomic E-state index is 0.0959. The van der Waals surface area contributed by atoms with Gasteiger partial charge in [0.15, 0.2) is 5.82 Å². The summed E-state index contributed by atoms with van der Waals surface area (Å²) in [5.74, 6) is 1.14. The molecule has 3 N–H and O–H groups in total. The predicted molar refractivity (Wildman–Crippen MR) is 99.7 cm³/mol. The van der Waals surface area contributed by atoms with Gasteiger partial charge in [0.2, 0.25) is 22.4 Å². The summed E-state index contributed by atoms with van der Waals surface area (Å²) in [6, 6.07) is 6.46. The molecule has 1 saturated heterocycles. The Labute approximate surface area is 157 Å². The Balaban J connectivity index is 1.53. The second kappa shape index (κ2) is 8.27. The first-order valence-corrected chi connectivity index (χ1v) is 10.00. The number of nitrogens with zero attached hydrogens (tertiary/aromatic N) is 5. The normalized spacial score (nSPS) is 14.9. The second-order valence-corrected chi connectivity index (χ2v) is 7.70. The SMILES string of the molecule is NS(=O)(=O)c1ccc(CCNc2cnnc(N3CCN(C=O)CC3)n2)cc1. The summed E-state index contributed by atoms with van der Waals surface area (Å²) in [6.07, 6.45) is 3.08. The molecule has 0 saturated carbocycles. The molecule has 1 aliphatic heterocycles. The van der Waals surface area contributed by atoms with E-state index < -0.39 is 10.0 Å². The van der Waals surface area contributed by atoms with Gasteiger partial charge in [-0.15, -0.1) is 5.10 Å². The van der Waals surface area contributed by atoms with Crippen LogP contribution in [0, 0.1) is 0 Å². The van der Waals surface area contributed by atoms with Crippen molar-refractivity contribution in [3.8, 4) is 0 Å². The minimum Gasteiger partial charge on any atom is -0.368 e. The molecule has 2 aromatic rings. The molecule has 10 nitrogen and oxygen atoms in total. The number of sulfonamides is 1. The Morgan fingerprint density at radius 3 is 2.48 bits per heavy atom. The number of hydrogen-bond acceptors (Lipinski definition) is 8. The Kier molecular flexibility index (Phi) is 5.81. The first-order valence-electron chi connectivity index (χ1n) is 8.45. The monoisotopic (exact) mass is 391 g/mol. The van der Waals surface area contributed by atoms with Gasteiger partial charge in [0.25, 0.3) is 0 Å². The van der Waals surface area contributed by atoms with Crippen LogP contribution in [0.15, 0.2) is 35.4 Å². The van der Waals surface area contributed by atoms with Crippen molar-refractivity contribution in [2.75, 3.05) is 42.9 Å². The van der Waals surface area contributed by atoms with Crippen LogP contribution in [0.2, 0.25) is 0 Å². The van der Waals surface area contributed by atoms with Crippen LogP contribution in [0.1, 0.15) is 5.56 Å². The number of amides is 1. The third kappa shape index (κ3) is 5.11. The largest absolute Gasteiger partial charge is 0.368 e. The summed E-state index contributed by atoms with van der Waals surface area (Å²) in [5.41, 5.74) is 0.974. The number of aromatic nitrogens is 3. The highest BCUT2D eigenvalue weighted by molar-refractivity contribution is 7.89. The lowest BCUT2D eigenvalue weighted by molar-refractivity contribution is -0.118. The molecule has 144 valence electrons. The molecule has 1 aromatic carbocycles. The van der Waals surface area contributed by atoms with E-state index in [0.717, 1.165) is 12.0 Å². The topological polar surface area (TPSA) is 134 Å². The minimum atomic E-state index is -3.67. The zero-order chi connectivity index (χ0) is 19.3. The van der Waals surface area contributed by atoms with Crippen LogP contribution >= 0.6 is 0 Å². The maximum Gasteiger partial charge on any atom is 0.247 e. The molecule has 2 heterocycles. The highest BCUT2D eigenvalue weighted by atomic mass is 32.2. The molecule has 1 fully saturated rings. The van der Waals surface area contributed by atoms with Gasteiger partial charge in [-0.2, -0.15) is 10.1 Å². The number of benzene rings is 1. The van der Waals surface area contributed by atoms with Gasteiger partial charge >= 0.3 is 0 Å². The molecule has 27 heavy (non-hydrogen) atoms. The number of primary sulfonamides is 1. The van der Waals surface area contributed by atoms with Crippen LogP contribution in [0.25, 0.3) is 0 Å². The fraction of sp³-hybridized carbons (Fsp3) is 0.375. The molecule has 0 atom stereocenters. The highest BCUT2D eigenvalue weighted by Crippen LogP contribution is 2.13. The molecule has 0 unspecified atom stereocenters. The van der Waals surface area contributed by atoms with Crippen molar-refractivity contribution in [2.24, 2.45) is 5.14 Å². The van der Waals surface area contributed by atoms with Gasteiger partial charge in [-0.05, 0) is 24.1 Å². The highest BCUT2D eigenvalue weighted by Gasteiger charge is 2.18. The third-order valence-corrected chi connectivity index (χ3v) is 5.19. The van der Waals surface area contributed by atoms with Crippen molar-refractivity contribution >= 4 is 28.2 Å². The predicted octanol–water partition coefficient (Wildman–Crippen LogP) is -0.548. The Hall–Kier alpha value is -2.79. The molecule has 0 radical (unpaired) electrons. The number of hydrogen-bond donors (Lipinski definition) is 2. The van der Waals surface area contributed by atoms with Crippen LogP contribution in [0.5, 0.6) is 0 Å². The van der Waals surface area contributed by atoms with Gasteiger partial charge in [-0.25, -0.2) is 13.6 Å². The van der Waals surface area contributed by atoms with Crippen molar-refractivity contribution in [1.29, 1.82) is 0 Å². The van der Waals surface area contributed by atoms with Gasteiger partial charge in [0, 0.05) is 32.7 Å². The fourth-order valence-electron chi connectivity index (χ4n) is 2.72. The van der Waals surface area contributed by atoms with Gasteiger partial charge in [-0.3, -0.25) is 4.79 Å². The lowest BCUT2D eigenvalue weighted by Gasteiger charge is -2.32. The summed E-state index contributed by atoms with van der Waals surface area (Å²) in [7, 11) is -3.67. The van der Waals surface area contributed by atoms with E-state index in [2.05, 4.69) is 20.5 Å². The number of rotatable bonds is 7. The van der Waals surface area contributed by atoms with E-state index in [0.29, 0.717) is 50.9 Å². The Bertz CT molecular complexity index is 881. The maximum absolute atomic E-state index is 11.3. The zero-order valence-corrected chi connectivity index (χ0v) is 15.5. The summed E-state index contributed by atoms with van der Waals surface area (Å²) in [5, 5.41) is 16.3. The van der Waals surface area contributed by atoms with Gasteiger partial charge in [0.05, 0.1) is 11.1 Å². The molecule has 0 bridgehead atoms. The van der Waals surface area contributed by atoms with E-state index in [4.69, 9.17) is 5.14 Å². The van der Waals surface area contributed by atoms with E-state index in [9.17, 15) is 13.2 Å². The van der Waals surface area contributed by atoms with Crippen molar-refractivity contribution in [3.05, 3.63) is 36.0 Å². The Morgan fingerprint density at radius 2 is 1.85 bits per heavy atom. The van der Waals surface area contributed by atoms with Crippen LogP contribution in [0.3, 0.4) is 0 Å². The lowest BCUT2D eigenvalue weighted by Crippen LogP contribution is -2.46. The number of carbonyl (C=O) groups excluding carboxylic acids is 1. The number of nitrogens with one attached hydrogen (secondary N) is 1. The van der Waals surface area contributed by atoms with Crippen molar-refractivity contribution < 1.29 is 13.2 Å². The fourth-order valence-corrected chi connectivity index (χ4v) is 3.24. The smallest absolute Gasteiger partial charge is 0.247 e. The third-order valence-electron chi connectivity index (χ3n) is 4.27. The van der Waals surface area contributed by atoms with E-state index >= 15 is 0 Å². The van der Waals surface area contributed by atoms with E-state index in [1.807, 2.05) is 4.90 Å². The lowest BCUT2D eigenvalue weighted by atomic mass is 10.1. The quantitative estimate of drug-likeness (QED) is 0.601. The van der Waals surface area contributed by atoms with Crippen LogP contribution < -0.4 is 15.4 Å². The molecular weight excluding hydrogens is 370 g/mol. The van der Waals surface area contributed by atoms with Gasteiger partial charge in [-0.1, -0.05) is 12.1 Å².